The summed E-state index contributed by atoms with van der Waals surface area (Å²) < 4.78 is 0. The van der Waals surface area contributed by atoms with Gasteiger partial charge < -0.3 is 16.3 Å². The molecule has 0 fully saturated rings. The third-order valence-corrected chi connectivity index (χ3v) is 5.17. The van der Waals surface area contributed by atoms with Gasteiger partial charge in [-0.2, -0.15) is 10.4 Å². The van der Waals surface area contributed by atoms with Gasteiger partial charge in [0.2, 0.25) is 5.95 Å². The molecule has 184 valence electrons. The molecule has 36 heavy (non-hydrogen) atoms. The number of aromatic nitrogens is 3. The molecule has 3 aromatic rings. The van der Waals surface area contributed by atoms with Gasteiger partial charge in [0.05, 0.1) is 41.5 Å². The summed E-state index contributed by atoms with van der Waals surface area (Å²) in [5.74, 6) is 4.68. The Bertz CT molecular complexity index is 1350. The van der Waals surface area contributed by atoms with Gasteiger partial charge >= 0.3 is 5.97 Å². The standard InChI is InChI=1S/C26H28N8O2/c1-16(24(35)36)30-25-32-20(18-8-5-7-17(11-18)13-27)12-21(33-25)22(34-28)15-29-14-19-9-6-10-23(31-19)26(2,3)4/h5-12,15-16H,14,28H2,1-4H3,(H,35,36)(H,30,32,33)/t16-/m0/s1. The van der Waals surface area contributed by atoms with Crippen LogP contribution in [0.4, 0.5) is 5.95 Å². The predicted octanol–water partition coefficient (Wildman–Crippen LogP) is 3.53. The van der Waals surface area contributed by atoms with Crippen LogP contribution in [-0.2, 0) is 16.8 Å². The summed E-state index contributed by atoms with van der Waals surface area (Å²) in [6.07, 6.45) is 1.49. The van der Waals surface area contributed by atoms with Crippen molar-refractivity contribution in [1.29, 1.82) is 5.26 Å². The minimum absolute atomic E-state index is 0.0776. The molecule has 10 heteroatoms. The van der Waals surface area contributed by atoms with Crippen molar-refractivity contribution in [3.63, 3.8) is 0 Å². The zero-order valence-electron chi connectivity index (χ0n) is 20.6. The Morgan fingerprint density at radius 3 is 2.61 bits per heavy atom. The maximum absolute atomic E-state index is 11.4. The van der Waals surface area contributed by atoms with Crippen molar-refractivity contribution >= 4 is 23.8 Å². The van der Waals surface area contributed by atoms with E-state index in [0.29, 0.717) is 29.1 Å². The van der Waals surface area contributed by atoms with Crippen LogP contribution in [0.1, 0.15) is 50.3 Å². The second-order valence-corrected chi connectivity index (χ2v) is 9.11. The van der Waals surface area contributed by atoms with E-state index in [1.54, 1.807) is 30.3 Å². The number of rotatable bonds is 8. The van der Waals surface area contributed by atoms with Crippen LogP contribution >= 0.6 is 0 Å². The lowest BCUT2D eigenvalue weighted by Crippen LogP contribution is -2.27. The predicted molar refractivity (Wildman–Crippen MR) is 139 cm³/mol. The van der Waals surface area contributed by atoms with E-state index in [2.05, 4.69) is 57.2 Å². The molecule has 4 N–H and O–H groups in total. The molecule has 0 radical (unpaired) electrons. The Morgan fingerprint density at radius 1 is 1.19 bits per heavy atom. The lowest BCUT2D eigenvalue weighted by molar-refractivity contribution is -0.137. The monoisotopic (exact) mass is 484 g/mol. The number of carboxylic acids is 1. The first-order chi connectivity index (χ1) is 17.1. The maximum Gasteiger partial charge on any atom is 0.325 e. The zero-order valence-corrected chi connectivity index (χ0v) is 20.6. The summed E-state index contributed by atoms with van der Waals surface area (Å²) in [6, 6.07) is 15.5. The largest absolute Gasteiger partial charge is 0.480 e. The molecule has 0 amide bonds. The molecular formula is C26H28N8O2. The van der Waals surface area contributed by atoms with Gasteiger partial charge in [-0.05, 0) is 37.3 Å². The number of nitrogens with two attached hydrogens (primary N) is 1. The topological polar surface area (TPSA) is 163 Å². The first-order valence-corrected chi connectivity index (χ1v) is 11.2. The van der Waals surface area contributed by atoms with E-state index >= 15 is 0 Å². The molecule has 0 spiro atoms. The smallest absolute Gasteiger partial charge is 0.325 e. The van der Waals surface area contributed by atoms with E-state index in [-0.39, 0.29) is 17.1 Å². The van der Waals surface area contributed by atoms with Gasteiger partial charge in [-0.1, -0.05) is 39.0 Å². The molecule has 0 aliphatic heterocycles. The van der Waals surface area contributed by atoms with Crippen LogP contribution in [0.5, 0.6) is 0 Å². The van der Waals surface area contributed by atoms with Crippen LogP contribution in [-0.4, -0.2) is 44.0 Å². The van der Waals surface area contributed by atoms with Crippen molar-refractivity contribution in [1.82, 2.24) is 15.0 Å². The fraction of sp³-hybridized carbons (Fsp3) is 0.269. The van der Waals surface area contributed by atoms with Gasteiger partial charge in [0.25, 0.3) is 0 Å². The number of pyridine rings is 1. The summed E-state index contributed by atoms with van der Waals surface area (Å²) in [5.41, 5.74) is 3.86. The summed E-state index contributed by atoms with van der Waals surface area (Å²) >= 11 is 0. The van der Waals surface area contributed by atoms with Crippen molar-refractivity contribution in [2.45, 2.75) is 45.7 Å². The van der Waals surface area contributed by atoms with Gasteiger partial charge in [-0.15, -0.1) is 0 Å². The fourth-order valence-electron chi connectivity index (χ4n) is 3.17. The van der Waals surface area contributed by atoms with Gasteiger partial charge in [-0.25, -0.2) is 9.97 Å². The first-order valence-electron chi connectivity index (χ1n) is 11.2. The van der Waals surface area contributed by atoms with Crippen LogP contribution < -0.4 is 11.2 Å². The number of benzene rings is 1. The number of hydrazone groups is 1. The average Bonchev–Trinajstić information content (AvgIpc) is 2.86. The Hall–Kier alpha value is -4.65. The Kier molecular flexibility index (Phi) is 8.07. The minimum atomic E-state index is -1.06. The van der Waals surface area contributed by atoms with Gasteiger partial charge in [0.1, 0.15) is 11.8 Å². The molecule has 0 bridgehead atoms. The van der Waals surface area contributed by atoms with Gasteiger partial charge in [0, 0.05) is 16.7 Å². The third-order valence-electron chi connectivity index (χ3n) is 5.17. The molecule has 0 saturated carbocycles. The molecule has 2 heterocycles. The first kappa shape index (κ1) is 26.0. The number of aliphatic imine (C=N–C) groups is 1. The van der Waals surface area contributed by atoms with Crippen molar-refractivity contribution < 1.29 is 9.90 Å². The summed E-state index contributed by atoms with van der Waals surface area (Å²) in [7, 11) is 0. The normalized spacial score (nSPS) is 12.8. The molecular weight excluding hydrogens is 456 g/mol. The van der Waals surface area contributed by atoms with Crippen LogP contribution in [0.25, 0.3) is 11.3 Å². The lowest BCUT2D eigenvalue weighted by Gasteiger charge is -2.17. The van der Waals surface area contributed by atoms with Crippen LogP contribution in [0.15, 0.2) is 58.6 Å². The summed E-state index contributed by atoms with van der Waals surface area (Å²) in [4.78, 5) is 29.3. The molecule has 0 saturated heterocycles. The van der Waals surface area contributed by atoms with Crippen LogP contribution in [0.2, 0.25) is 0 Å². The molecule has 0 aliphatic rings. The second-order valence-electron chi connectivity index (χ2n) is 9.11. The van der Waals surface area contributed by atoms with Crippen molar-refractivity contribution in [2.75, 3.05) is 5.32 Å². The third kappa shape index (κ3) is 6.70. The molecule has 1 aromatic carbocycles. The maximum atomic E-state index is 11.4. The number of nitrogens with one attached hydrogen (secondary N) is 1. The number of nitriles is 1. The summed E-state index contributed by atoms with van der Waals surface area (Å²) in [5, 5.41) is 25.1. The zero-order chi connectivity index (χ0) is 26.3. The minimum Gasteiger partial charge on any atom is -0.480 e. The molecule has 1 atom stereocenters. The Labute approximate surface area is 209 Å². The van der Waals surface area contributed by atoms with Crippen LogP contribution in [0.3, 0.4) is 0 Å². The number of anilines is 1. The Morgan fingerprint density at radius 2 is 1.94 bits per heavy atom. The highest BCUT2D eigenvalue weighted by atomic mass is 16.4. The molecule has 3 rings (SSSR count). The van der Waals surface area contributed by atoms with Crippen LogP contribution in [0, 0.1) is 11.3 Å². The van der Waals surface area contributed by atoms with E-state index in [4.69, 9.17) is 5.84 Å². The van der Waals surface area contributed by atoms with Crippen molar-refractivity contribution in [2.24, 2.45) is 15.9 Å². The van der Waals surface area contributed by atoms with Gasteiger partial charge in [0.15, 0.2) is 0 Å². The van der Waals surface area contributed by atoms with Gasteiger partial charge in [-0.3, -0.25) is 14.8 Å². The lowest BCUT2D eigenvalue weighted by atomic mass is 9.91. The molecule has 10 nitrogen and oxygen atoms in total. The van der Waals surface area contributed by atoms with E-state index in [1.807, 2.05) is 18.2 Å². The number of aliphatic carboxylic acids is 1. The SMILES string of the molecule is C[C@H](Nc1nc(C(C=NCc2cccc(C(C)(C)C)n2)=NN)cc(-c2cccc(C#N)c2)n1)C(=O)O. The van der Waals surface area contributed by atoms with Crippen molar-refractivity contribution in [3.8, 4) is 17.3 Å². The van der Waals surface area contributed by atoms with E-state index in [1.165, 1.54) is 13.1 Å². The highest BCUT2D eigenvalue weighted by molar-refractivity contribution is 6.37. The summed E-state index contributed by atoms with van der Waals surface area (Å²) in [6.45, 7) is 8.07. The molecule has 2 aromatic heterocycles. The van der Waals surface area contributed by atoms with Crippen molar-refractivity contribution in [3.05, 3.63) is 71.2 Å². The number of carbonyl (C=O) groups is 1. The molecule has 0 unspecified atom stereocenters. The van der Waals surface area contributed by atoms with E-state index < -0.39 is 12.0 Å². The van der Waals surface area contributed by atoms with E-state index in [0.717, 1.165) is 11.4 Å². The number of nitrogens with zero attached hydrogens (tertiary/aromatic N) is 6. The highest BCUT2D eigenvalue weighted by Crippen LogP contribution is 2.22. The highest BCUT2D eigenvalue weighted by Gasteiger charge is 2.17. The van der Waals surface area contributed by atoms with E-state index in [9.17, 15) is 15.2 Å². The quantitative estimate of drug-likeness (QED) is 0.248. The number of hydrogen-bond donors (Lipinski definition) is 3. The molecule has 0 aliphatic carbocycles. The average molecular weight is 485 g/mol. The number of carboxylic acid groups (broad SMARTS) is 1. The Balaban J connectivity index is 1.95. The second kappa shape index (κ2) is 11.2. The number of hydrogen-bond acceptors (Lipinski definition) is 9. The fourth-order valence-corrected chi connectivity index (χ4v) is 3.17.